The second-order valence-corrected chi connectivity index (χ2v) is 4.81. The van der Waals surface area contributed by atoms with E-state index in [1.165, 1.54) is 0 Å². The van der Waals surface area contributed by atoms with Crippen LogP contribution in [0.2, 0.25) is 0 Å². The minimum absolute atomic E-state index is 0.333. The summed E-state index contributed by atoms with van der Waals surface area (Å²) >= 11 is 0. The van der Waals surface area contributed by atoms with E-state index in [2.05, 4.69) is 29.6 Å². The summed E-state index contributed by atoms with van der Waals surface area (Å²) in [5.41, 5.74) is 2.76. The lowest BCUT2D eigenvalue weighted by atomic mass is 10.1. The molecule has 3 aromatic rings. The zero-order chi connectivity index (χ0) is 13.4. The van der Waals surface area contributed by atoms with Crippen LogP contribution in [-0.4, -0.2) is 14.3 Å². The second-order valence-electron chi connectivity index (χ2n) is 4.81. The lowest BCUT2D eigenvalue weighted by Gasteiger charge is -2.09. The molecule has 0 aliphatic heterocycles. The van der Waals surface area contributed by atoms with Crippen LogP contribution < -0.4 is 0 Å². The lowest BCUT2D eigenvalue weighted by Crippen LogP contribution is -1.98. The van der Waals surface area contributed by atoms with Crippen LogP contribution in [0.3, 0.4) is 0 Å². The molecule has 0 atom stereocenters. The number of fused-ring (bicyclic) bond motifs is 1. The molecule has 4 heteroatoms. The van der Waals surface area contributed by atoms with Crippen LogP contribution in [0.1, 0.15) is 25.5 Å². The van der Waals surface area contributed by atoms with Crippen LogP contribution in [0.25, 0.3) is 16.6 Å². The van der Waals surface area contributed by atoms with E-state index in [0.717, 1.165) is 16.6 Å². The van der Waals surface area contributed by atoms with Gasteiger partial charge in [0.25, 0.3) is 0 Å². The first kappa shape index (κ1) is 11.5. The number of nitriles is 1. The normalized spacial score (nSPS) is 11.1. The van der Waals surface area contributed by atoms with Crippen LogP contribution in [0.5, 0.6) is 0 Å². The molecule has 0 radical (unpaired) electrons. The summed E-state index contributed by atoms with van der Waals surface area (Å²) in [6, 6.07) is 10.6. The van der Waals surface area contributed by atoms with Gasteiger partial charge in [-0.2, -0.15) is 10.4 Å². The average molecular weight is 250 g/mol. The third kappa shape index (κ3) is 1.80. The third-order valence-corrected chi connectivity index (χ3v) is 3.26. The molecule has 0 N–H and O–H groups in total. The first-order chi connectivity index (χ1) is 9.20. The van der Waals surface area contributed by atoms with Crippen molar-refractivity contribution in [1.82, 2.24) is 14.3 Å². The van der Waals surface area contributed by atoms with E-state index in [9.17, 15) is 5.26 Å². The number of hydrogen-bond acceptors (Lipinski definition) is 2. The van der Waals surface area contributed by atoms with E-state index in [1.54, 1.807) is 10.9 Å². The molecule has 0 saturated carbocycles. The summed E-state index contributed by atoms with van der Waals surface area (Å²) in [4.78, 5) is 0. The van der Waals surface area contributed by atoms with Gasteiger partial charge in [0.2, 0.25) is 0 Å². The van der Waals surface area contributed by atoms with Crippen molar-refractivity contribution < 1.29 is 0 Å². The Kier molecular flexibility index (Phi) is 2.60. The van der Waals surface area contributed by atoms with Gasteiger partial charge in [-0.15, -0.1) is 0 Å². The Hall–Kier alpha value is -2.54. The molecular weight excluding hydrogens is 236 g/mol. The van der Waals surface area contributed by atoms with Gasteiger partial charge in [-0.25, -0.2) is 4.68 Å². The van der Waals surface area contributed by atoms with Crippen LogP contribution in [0.4, 0.5) is 0 Å². The predicted octanol–water partition coefficient (Wildman–Crippen LogP) is 3.28. The molecule has 4 nitrogen and oxygen atoms in total. The highest BCUT2D eigenvalue weighted by molar-refractivity contribution is 5.88. The first-order valence-corrected chi connectivity index (χ1v) is 6.25. The molecule has 3 rings (SSSR count). The van der Waals surface area contributed by atoms with Gasteiger partial charge in [0.1, 0.15) is 6.07 Å². The molecule has 94 valence electrons. The average Bonchev–Trinajstić information content (AvgIpc) is 3.05. The molecule has 2 heterocycles. The molecule has 0 unspecified atom stereocenters. The molecule has 0 spiro atoms. The standard InChI is InChI=1S/C15H14N4/c1-11(2)18-10-12(9-16)14-8-13(4-5-15(14)18)19-7-3-6-17-19/h3-8,10-11H,1-2H3. The molecule has 2 aromatic heterocycles. The summed E-state index contributed by atoms with van der Waals surface area (Å²) in [7, 11) is 0. The summed E-state index contributed by atoms with van der Waals surface area (Å²) < 4.78 is 3.92. The largest absolute Gasteiger partial charge is 0.344 e. The maximum Gasteiger partial charge on any atom is 0.101 e. The number of hydrogen-bond donors (Lipinski definition) is 0. The minimum atomic E-state index is 0.333. The summed E-state index contributed by atoms with van der Waals surface area (Å²) in [6.07, 6.45) is 5.56. The summed E-state index contributed by atoms with van der Waals surface area (Å²) in [5.74, 6) is 0. The number of benzene rings is 1. The highest BCUT2D eigenvalue weighted by atomic mass is 15.3. The van der Waals surface area contributed by atoms with E-state index in [4.69, 9.17) is 0 Å². The van der Waals surface area contributed by atoms with Gasteiger partial charge in [-0.1, -0.05) is 0 Å². The van der Waals surface area contributed by atoms with Gasteiger partial charge in [0, 0.05) is 35.5 Å². The van der Waals surface area contributed by atoms with E-state index in [0.29, 0.717) is 11.6 Å². The maximum atomic E-state index is 9.27. The van der Waals surface area contributed by atoms with Crippen molar-refractivity contribution in [3.8, 4) is 11.8 Å². The van der Waals surface area contributed by atoms with Crippen molar-refractivity contribution in [3.05, 3.63) is 48.4 Å². The van der Waals surface area contributed by atoms with E-state index in [-0.39, 0.29) is 0 Å². The van der Waals surface area contributed by atoms with Gasteiger partial charge in [0.15, 0.2) is 0 Å². The zero-order valence-electron chi connectivity index (χ0n) is 10.9. The molecular formula is C15H14N4. The van der Waals surface area contributed by atoms with Crippen molar-refractivity contribution in [3.63, 3.8) is 0 Å². The molecule has 0 fully saturated rings. The lowest BCUT2D eigenvalue weighted by molar-refractivity contribution is 0.622. The Morgan fingerprint density at radius 2 is 2.16 bits per heavy atom. The highest BCUT2D eigenvalue weighted by Crippen LogP contribution is 2.26. The topological polar surface area (TPSA) is 46.5 Å². The maximum absolute atomic E-state index is 9.27. The number of aromatic nitrogens is 3. The molecule has 1 aromatic carbocycles. The van der Waals surface area contributed by atoms with Crippen molar-refractivity contribution in [1.29, 1.82) is 5.26 Å². The molecule has 19 heavy (non-hydrogen) atoms. The number of nitrogens with zero attached hydrogens (tertiary/aromatic N) is 4. The fourth-order valence-electron chi connectivity index (χ4n) is 2.32. The Morgan fingerprint density at radius 1 is 1.32 bits per heavy atom. The van der Waals surface area contributed by atoms with Crippen LogP contribution in [0.15, 0.2) is 42.9 Å². The van der Waals surface area contributed by atoms with Crippen LogP contribution in [-0.2, 0) is 0 Å². The monoisotopic (exact) mass is 250 g/mol. The zero-order valence-corrected chi connectivity index (χ0v) is 10.9. The predicted molar refractivity (Wildman–Crippen MR) is 74.2 cm³/mol. The van der Waals surface area contributed by atoms with Crippen LogP contribution in [0, 0.1) is 11.3 Å². The quantitative estimate of drug-likeness (QED) is 0.700. The van der Waals surface area contributed by atoms with Crippen molar-refractivity contribution in [2.45, 2.75) is 19.9 Å². The number of rotatable bonds is 2. The molecule has 0 aliphatic rings. The first-order valence-electron chi connectivity index (χ1n) is 6.25. The SMILES string of the molecule is CC(C)n1cc(C#N)c2cc(-n3cccn3)ccc21. The summed E-state index contributed by atoms with van der Waals surface area (Å²) in [5, 5.41) is 14.5. The fraction of sp³-hybridized carbons (Fsp3) is 0.200. The Bertz CT molecular complexity index is 757. The van der Waals surface area contributed by atoms with E-state index in [1.807, 2.05) is 36.7 Å². The Labute approximate surface area is 111 Å². The van der Waals surface area contributed by atoms with E-state index >= 15 is 0 Å². The van der Waals surface area contributed by atoms with Crippen LogP contribution >= 0.6 is 0 Å². The van der Waals surface area contributed by atoms with Gasteiger partial charge in [-0.3, -0.25) is 0 Å². The summed E-state index contributed by atoms with van der Waals surface area (Å²) in [6.45, 7) is 4.23. The fourth-order valence-corrected chi connectivity index (χ4v) is 2.32. The van der Waals surface area contributed by atoms with Crippen molar-refractivity contribution >= 4 is 10.9 Å². The molecule has 0 amide bonds. The van der Waals surface area contributed by atoms with Crippen molar-refractivity contribution in [2.24, 2.45) is 0 Å². The van der Waals surface area contributed by atoms with Gasteiger partial charge < -0.3 is 4.57 Å². The van der Waals surface area contributed by atoms with Crippen molar-refractivity contribution in [2.75, 3.05) is 0 Å². The Balaban J connectivity index is 2.26. The van der Waals surface area contributed by atoms with Gasteiger partial charge in [0.05, 0.1) is 11.3 Å². The molecule has 0 bridgehead atoms. The third-order valence-electron chi connectivity index (χ3n) is 3.26. The molecule has 0 aliphatic carbocycles. The van der Waals surface area contributed by atoms with E-state index < -0.39 is 0 Å². The highest BCUT2D eigenvalue weighted by Gasteiger charge is 2.11. The Morgan fingerprint density at radius 3 is 2.79 bits per heavy atom. The molecule has 0 saturated heterocycles. The minimum Gasteiger partial charge on any atom is -0.344 e. The second kappa shape index (κ2) is 4.29. The smallest absolute Gasteiger partial charge is 0.101 e. The van der Waals surface area contributed by atoms with Gasteiger partial charge in [-0.05, 0) is 38.1 Å². The van der Waals surface area contributed by atoms with Gasteiger partial charge >= 0.3 is 0 Å².